The molecule has 0 radical (unpaired) electrons. The van der Waals surface area contributed by atoms with Crippen LogP contribution in [-0.4, -0.2) is 86.3 Å². The van der Waals surface area contributed by atoms with E-state index in [0.717, 1.165) is 45.3 Å². The second kappa shape index (κ2) is 15.6. The number of ketones is 1. The quantitative estimate of drug-likeness (QED) is 0.133. The van der Waals surface area contributed by atoms with Crippen LogP contribution in [-0.2, 0) is 14.3 Å². The summed E-state index contributed by atoms with van der Waals surface area (Å²) in [6.07, 6.45) is 4.67. The molecule has 0 aliphatic carbocycles. The Labute approximate surface area is 249 Å². The van der Waals surface area contributed by atoms with Gasteiger partial charge in [-0.3, -0.25) is 14.5 Å². The van der Waals surface area contributed by atoms with E-state index in [2.05, 4.69) is 11.8 Å². The average Bonchev–Trinajstić information content (AvgIpc) is 3.27. The van der Waals surface area contributed by atoms with Gasteiger partial charge in [-0.2, -0.15) is 0 Å². The van der Waals surface area contributed by atoms with Crippen LogP contribution in [0.25, 0.3) is 5.76 Å². The summed E-state index contributed by atoms with van der Waals surface area (Å²) in [5, 5.41) is 11.5. The number of Topliss-reactive ketones (excluding diaryl/α,β-unsaturated/α-hetero) is 1. The Balaban J connectivity index is 1.66. The predicted molar refractivity (Wildman–Crippen MR) is 161 cm³/mol. The van der Waals surface area contributed by atoms with Crippen LogP contribution < -0.4 is 14.2 Å². The number of aliphatic hydroxyl groups excluding tert-OH is 1. The van der Waals surface area contributed by atoms with Gasteiger partial charge in [0.2, 0.25) is 0 Å². The molecule has 2 saturated heterocycles. The second-order valence-corrected chi connectivity index (χ2v) is 10.6. The molecule has 1 unspecified atom stereocenters. The van der Waals surface area contributed by atoms with Gasteiger partial charge in [-0.15, -0.1) is 0 Å². The topological polar surface area (TPSA) is 97.8 Å². The number of amides is 1. The van der Waals surface area contributed by atoms with Gasteiger partial charge in [0.15, 0.2) is 11.5 Å². The zero-order chi connectivity index (χ0) is 29.9. The number of hydrogen-bond donors (Lipinski definition) is 1. The number of morpholine rings is 1. The van der Waals surface area contributed by atoms with Gasteiger partial charge in [0, 0.05) is 31.7 Å². The second-order valence-electron chi connectivity index (χ2n) is 10.6. The number of nitrogens with zero attached hydrogens (tertiary/aromatic N) is 2. The third kappa shape index (κ3) is 7.63. The molecule has 4 rings (SSSR count). The zero-order valence-electron chi connectivity index (χ0n) is 25.1. The van der Waals surface area contributed by atoms with E-state index in [4.69, 9.17) is 18.9 Å². The lowest BCUT2D eigenvalue weighted by Crippen LogP contribution is -2.39. The molecule has 0 saturated carbocycles. The molecule has 9 heteroatoms. The molecule has 1 N–H and O–H groups in total. The van der Waals surface area contributed by atoms with Gasteiger partial charge in [-0.25, -0.2) is 0 Å². The van der Waals surface area contributed by atoms with Crippen molar-refractivity contribution in [3.05, 3.63) is 59.2 Å². The van der Waals surface area contributed by atoms with E-state index in [0.29, 0.717) is 67.8 Å². The molecular weight excluding hydrogens is 536 g/mol. The van der Waals surface area contributed by atoms with E-state index in [1.807, 2.05) is 19.1 Å². The minimum absolute atomic E-state index is 0.0623. The van der Waals surface area contributed by atoms with Crippen molar-refractivity contribution < 1.29 is 33.6 Å². The van der Waals surface area contributed by atoms with Crippen LogP contribution in [0.4, 0.5) is 0 Å². The highest BCUT2D eigenvalue weighted by Crippen LogP contribution is 2.42. The minimum Gasteiger partial charge on any atom is -0.507 e. The summed E-state index contributed by atoms with van der Waals surface area (Å²) in [7, 11) is 1.57. The minimum atomic E-state index is -0.770. The summed E-state index contributed by atoms with van der Waals surface area (Å²) < 4.78 is 22.7. The maximum Gasteiger partial charge on any atom is 0.295 e. The van der Waals surface area contributed by atoms with E-state index in [9.17, 15) is 14.7 Å². The number of unbranched alkanes of at least 4 members (excludes halogenated alkanes) is 2. The smallest absolute Gasteiger partial charge is 0.295 e. The van der Waals surface area contributed by atoms with E-state index in [1.54, 1.807) is 42.3 Å². The van der Waals surface area contributed by atoms with Crippen molar-refractivity contribution in [2.75, 3.05) is 59.7 Å². The third-order valence-corrected chi connectivity index (χ3v) is 7.63. The average molecular weight is 581 g/mol. The number of carbonyl (C=O) groups excluding carboxylic acids is 2. The Hall–Kier alpha value is -3.56. The van der Waals surface area contributed by atoms with Gasteiger partial charge in [-0.1, -0.05) is 32.8 Å². The van der Waals surface area contributed by atoms with Crippen molar-refractivity contribution in [2.24, 2.45) is 0 Å². The van der Waals surface area contributed by atoms with E-state index in [1.165, 1.54) is 0 Å². The Morgan fingerprint density at radius 1 is 0.905 bits per heavy atom. The molecular formula is C33H44N2O7. The SMILES string of the molecule is CCCCCOc1ccc(C2/C(=C(\O)c3ccc(OCCC)cc3)C(=O)C(=O)N2CCCN2CCOCC2)cc1OC. The van der Waals surface area contributed by atoms with Crippen LogP contribution in [0.1, 0.15) is 63.1 Å². The first-order valence-corrected chi connectivity index (χ1v) is 15.1. The lowest BCUT2D eigenvalue weighted by atomic mass is 9.95. The van der Waals surface area contributed by atoms with Gasteiger partial charge in [0.1, 0.15) is 11.5 Å². The van der Waals surface area contributed by atoms with E-state index in [-0.39, 0.29) is 11.3 Å². The standard InChI is InChI=1S/C33H44N2O7/c1-4-6-7-20-42-27-14-11-25(23-28(27)39-3)30-29(31(36)24-9-12-26(13-10-24)41-19-5-2)32(37)33(38)35(30)16-8-15-34-17-21-40-22-18-34/h9-14,23,30,36H,4-8,15-22H2,1-3H3/b31-29+. The number of ether oxygens (including phenoxy) is 4. The van der Waals surface area contributed by atoms with Crippen molar-refractivity contribution in [1.82, 2.24) is 9.80 Å². The van der Waals surface area contributed by atoms with Crippen LogP contribution in [0.15, 0.2) is 48.0 Å². The largest absolute Gasteiger partial charge is 0.507 e. The molecule has 228 valence electrons. The Bertz CT molecular complexity index is 1220. The van der Waals surface area contributed by atoms with Crippen LogP contribution in [0.5, 0.6) is 17.2 Å². The molecule has 9 nitrogen and oxygen atoms in total. The van der Waals surface area contributed by atoms with E-state index >= 15 is 0 Å². The van der Waals surface area contributed by atoms with Crippen molar-refractivity contribution in [1.29, 1.82) is 0 Å². The highest BCUT2D eigenvalue weighted by atomic mass is 16.5. The fraction of sp³-hybridized carbons (Fsp3) is 0.515. The fourth-order valence-electron chi connectivity index (χ4n) is 5.34. The van der Waals surface area contributed by atoms with Crippen LogP contribution in [0.3, 0.4) is 0 Å². The Morgan fingerprint density at radius 2 is 1.67 bits per heavy atom. The monoisotopic (exact) mass is 580 g/mol. The summed E-state index contributed by atoms with van der Waals surface area (Å²) in [6, 6.07) is 11.6. The first-order valence-electron chi connectivity index (χ1n) is 15.1. The van der Waals surface area contributed by atoms with Crippen LogP contribution >= 0.6 is 0 Å². The molecule has 2 fully saturated rings. The molecule has 0 spiro atoms. The molecule has 2 aliphatic heterocycles. The van der Waals surface area contributed by atoms with Crippen LogP contribution in [0.2, 0.25) is 0 Å². The molecule has 2 aromatic rings. The van der Waals surface area contributed by atoms with Crippen molar-refractivity contribution in [3.63, 3.8) is 0 Å². The van der Waals surface area contributed by atoms with Crippen LogP contribution in [0, 0.1) is 0 Å². The number of benzene rings is 2. The number of aliphatic hydroxyl groups is 1. The number of hydrogen-bond acceptors (Lipinski definition) is 8. The summed E-state index contributed by atoms with van der Waals surface area (Å²) in [5.41, 5.74) is 1.17. The van der Waals surface area contributed by atoms with E-state index < -0.39 is 17.7 Å². The first-order chi connectivity index (χ1) is 20.5. The first kappa shape index (κ1) is 31.4. The molecule has 1 atom stereocenters. The number of rotatable bonds is 15. The van der Waals surface area contributed by atoms with Gasteiger partial charge in [-0.05, 0) is 61.2 Å². The van der Waals surface area contributed by atoms with Crippen molar-refractivity contribution >= 4 is 17.4 Å². The van der Waals surface area contributed by atoms with Gasteiger partial charge in [0.25, 0.3) is 11.7 Å². The number of likely N-dealkylation sites (tertiary alicyclic amines) is 1. The maximum atomic E-state index is 13.5. The highest BCUT2D eigenvalue weighted by Gasteiger charge is 2.46. The zero-order valence-corrected chi connectivity index (χ0v) is 25.1. The molecule has 42 heavy (non-hydrogen) atoms. The number of methoxy groups -OCH3 is 1. The summed E-state index contributed by atoms with van der Waals surface area (Å²) >= 11 is 0. The Kier molecular flexibility index (Phi) is 11.7. The normalized spacial score (nSPS) is 18.8. The number of carbonyl (C=O) groups is 2. The molecule has 2 aromatic carbocycles. The summed E-state index contributed by atoms with van der Waals surface area (Å²) in [5.74, 6) is 0.256. The van der Waals surface area contributed by atoms with Gasteiger partial charge in [0.05, 0.1) is 45.2 Å². The van der Waals surface area contributed by atoms with Crippen molar-refractivity contribution in [3.8, 4) is 17.2 Å². The van der Waals surface area contributed by atoms with Gasteiger partial charge < -0.3 is 29.0 Å². The molecule has 0 aromatic heterocycles. The lowest BCUT2D eigenvalue weighted by molar-refractivity contribution is -0.140. The Morgan fingerprint density at radius 3 is 2.36 bits per heavy atom. The maximum absolute atomic E-state index is 13.5. The molecule has 1 amide bonds. The van der Waals surface area contributed by atoms with Crippen molar-refractivity contribution in [2.45, 2.75) is 52.0 Å². The van der Waals surface area contributed by atoms with Gasteiger partial charge >= 0.3 is 0 Å². The summed E-state index contributed by atoms with van der Waals surface area (Å²) in [4.78, 5) is 30.8. The summed E-state index contributed by atoms with van der Waals surface area (Å²) in [6.45, 7) is 9.55. The molecule has 2 aliphatic rings. The third-order valence-electron chi connectivity index (χ3n) is 7.63. The lowest BCUT2D eigenvalue weighted by Gasteiger charge is -2.29. The predicted octanol–water partition coefficient (Wildman–Crippen LogP) is 5.20. The molecule has 0 bridgehead atoms. The highest BCUT2D eigenvalue weighted by molar-refractivity contribution is 6.46. The fourth-order valence-corrected chi connectivity index (χ4v) is 5.34. The molecule has 2 heterocycles.